The second-order valence-electron chi connectivity index (χ2n) is 11.6. The van der Waals surface area contributed by atoms with Crippen LogP contribution in [0.5, 0.6) is 0 Å². The molecule has 2 fully saturated rings. The van der Waals surface area contributed by atoms with Crippen molar-refractivity contribution in [1.82, 2.24) is 19.9 Å². The van der Waals surface area contributed by atoms with Crippen LogP contribution in [0, 0.1) is 5.92 Å². The number of anilines is 1. The number of rotatable bonds is 10. The molecule has 5 heterocycles. The normalized spacial score (nSPS) is 20.0. The number of likely N-dealkylation sites (tertiary alicyclic amines) is 1. The number of aromatic nitrogens is 3. The van der Waals surface area contributed by atoms with E-state index in [4.69, 9.17) is 40.6 Å². The molecule has 0 aromatic carbocycles. The molecule has 0 aliphatic carbocycles. The van der Waals surface area contributed by atoms with Gasteiger partial charge < -0.3 is 29.0 Å². The van der Waals surface area contributed by atoms with E-state index >= 15 is 0 Å². The average Bonchev–Trinajstić information content (AvgIpc) is 3.68. The topological polar surface area (TPSA) is 142 Å². The van der Waals surface area contributed by atoms with E-state index in [1.165, 1.54) is 6.20 Å². The number of hydrogen-bond acceptors (Lipinski definition) is 8. The summed E-state index contributed by atoms with van der Waals surface area (Å²) in [6, 6.07) is 1.75. The third-order valence-corrected chi connectivity index (χ3v) is 9.02. The average molecular weight is 640 g/mol. The van der Waals surface area contributed by atoms with Crippen molar-refractivity contribution in [2.24, 2.45) is 5.92 Å². The standard InChI is InChI=1S/C32H40ClN5O4.CH2O2/c1-5-9-23-25(6-2)42-29-28(23)35-26(36-30(29)37-13-7-8-14-37)10-16-41-17-11-27(39)38-15-12-32(4,21(3)20-38)24-18-22(33)19-34-31(24)40;2-1-3/h5-6,9,18-19,21H,2,7-8,10-17,20H2,1,3-4H3,(H,34,40);1H,(H,2,3)/b9-5-;. The Kier molecular flexibility index (Phi) is 11.6. The second kappa shape index (κ2) is 15.4. The molecule has 0 radical (unpaired) electrons. The molecule has 2 atom stereocenters. The minimum atomic E-state index is -0.352. The molecule has 3 aromatic heterocycles. The predicted molar refractivity (Wildman–Crippen MR) is 176 cm³/mol. The molecule has 0 saturated carbocycles. The van der Waals surface area contributed by atoms with E-state index in [1.807, 2.05) is 24.0 Å². The first-order chi connectivity index (χ1) is 21.7. The van der Waals surface area contributed by atoms with Gasteiger partial charge in [-0.3, -0.25) is 14.4 Å². The number of fused-ring (bicyclic) bond motifs is 1. The SMILES string of the molecule is C=Cc1oc2c(N3CCCC3)nc(CCOCCC(=O)N3CCC(C)(c4cc(Cl)c[nH]c4=O)C(C)C3)nc2c1/C=C\C.O=CO. The van der Waals surface area contributed by atoms with E-state index in [0.29, 0.717) is 73.3 Å². The fourth-order valence-electron chi connectivity index (χ4n) is 6.10. The third kappa shape index (κ3) is 7.65. The van der Waals surface area contributed by atoms with Crippen molar-refractivity contribution in [3.8, 4) is 0 Å². The van der Waals surface area contributed by atoms with Crippen molar-refractivity contribution in [1.29, 1.82) is 0 Å². The first-order valence-electron chi connectivity index (χ1n) is 15.3. The van der Waals surface area contributed by atoms with Crippen molar-refractivity contribution in [2.45, 2.75) is 58.3 Å². The van der Waals surface area contributed by atoms with Crippen LogP contribution in [0.4, 0.5) is 5.82 Å². The van der Waals surface area contributed by atoms with Gasteiger partial charge in [-0.2, -0.15) is 0 Å². The summed E-state index contributed by atoms with van der Waals surface area (Å²) in [5, 5.41) is 7.40. The van der Waals surface area contributed by atoms with E-state index in [-0.39, 0.29) is 29.3 Å². The van der Waals surface area contributed by atoms with Crippen LogP contribution in [0.2, 0.25) is 5.02 Å². The lowest BCUT2D eigenvalue weighted by Gasteiger charge is -2.44. The monoisotopic (exact) mass is 639 g/mol. The third-order valence-electron chi connectivity index (χ3n) is 8.80. The molecule has 2 aliphatic heterocycles. The van der Waals surface area contributed by atoms with Crippen LogP contribution >= 0.6 is 11.6 Å². The molecule has 0 bridgehead atoms. The van der Waals surface area contributed by atoms with Crippen molar-refractivity contribution >= 4 is 53.0 Å². The Hall–Kier alpha value is -3.96. The molecule has 2 unspecified atom stereocenters. The maximum Gasteiger partial charge on any atom is 0.290 e. The van der Waals surface area contributed by atoms with Crippen molar-refractivity contribution in [3.05, 3.63) is 63.0 Å². The molecular formula is C33H42ClN5O6. The first kappa shape index (κ1) is 33.9. The number of carboxylic acid groups (broad SMARTS) is 1. The first-order valence-corrected chi connectivity index (χ1v) is 15.7. The maximum absolute atomic E-state index is 13.0. The van der Waals surface area contributed by atoms with Crippen LogP contribution in [-0.4, -0.2) is 76.7 Å². The van der Waals surface area contributed by atoms with Gasteiger partial charge in [-0.1, -0.05) is 44.2 Å². The van der Waals surface area contributed by atoms with Gasteiger partial charge in [0, 0.05) is 55.3 Å². The van der Waals surface area contributed by atoms with Crippen LogP contribution < -0.4 is 10.5 Å². The van der Waals surface area contributed by atoms with Crippen LogP contribution in [-0.2, 0) is 26.2 Å². The number of aromatic amines is 1. The van der Waals surface area contributed by atoms with Gasteiger partial charge in [-0.05, 0) is 44.2 Å². The molecular weight excluding hydrogens is 598 g/mol. The minimum Gasteiger partial charge on any atom is -0.483 e. The Morgan fingerprint density at radius 1 is 1.29 bits per heavy atom. The van der Waals surface area contributed by atoms with Gasteiger partial charge in [0.05, 0.1) is 24.7 Å². The number of nitrogens with one attached hydrogen (secondary N) is 1. The lowest BCUT2D eigenvalue weighted by molar-refractivity contribution is -0.135. The Labute approximate surface area is 267 Å². The summed E-state index contributed by atoms with van der Waals surface area (Å²) >= 11 is 6.17. The Morgan fingerprint density at radius 3 is 2.69 bits per heavy atom. The van der Waals surface area contributed by atoms with E-state index in [0.717, 1.165) is 42.8 Å². The number of piperidine rings is 1. The van der Waals surface area contributed by atoms with Gasteiger partial charge in [-0.25, -0.2) is 9.97 Å². The Bertz CT molecular complexity index is 1590. The molecule has 242 valence electrons. The molecule has 5 rings (SSSR count). The van der Waals surface area contributed by atoms with Gasteiger partial charge >= 0.3 is 0 Å². The smallest absolute Gasteiger partial charge is 0.290 e. The van der Waals surface area contributed by atoms with Crippen molar-refractivity contribution in [3.63, 3.8) is 0 Å². The zero-order valence-electron chi connectivity index (χ0n) is 26.2. The number of amides is 1. The van der Waals surface area contributed by atoms with Crippen LogP contribution in [0.3, 0.4) is 0 Å². The largest absolute Gasteiger partial charge is 0.483 e. The van der Waals surface area contributed by atoms with Crippen molar-refractivity contribution in [2.75, 3.05) is 44.3 Å². The molecule has 1 amide bonds. The summed E-state index contributed by atoms with van der Waals surface area (Å²) in [4.78, 5) is 50.5. The molecule has 12 heteroatoms. The van der Waals surface area contributed by atoms with E-state index in [9.17, 15) is 9.59 Å². The zero-order chi connectivity index (χ0) is 32.6. The molecule has 0 spiro atoms. The number of H-pyrrole nitrogens is 1. The van der Waals surface area contributed by atoms with Gasteiger partial charge in [0.1, 0.15) is 17.1 Å². The highest BCUT2D eigenvalue weighted by atomic mass is 35.5. The lowest BCUT2D eigenvalue weighted by atomic mass is 9.68. The lowest BCUT2D eigenvalue weighted by Crippen LogP contribution is -2.51. The van der Waals surface area contributed by atoms with Crippen molar-refractivity contribution < 1.29 is 23.8 Å². The van der Waals surface area contributed by atoms with Crippen LogP contribution in [0.25, 0.3) is 23.3 Å². The van der Waals surface area contributed by atoms with E-state index < -0.39 is 0 Å². The maximum atomic E-state index is 13.0. The number of halogens is 1. The molecule has 11 nitrogen and oxygen atoms in total. The summed E-state index contributed by atoms with van der Waals surface area (Å²) in [6.45, 7) is 13.6. The summed E-state index contributed by atoms with van der Waals surface area (Å²) in [5.74, 6) is 2.37. The molecule has 2 saturated heterocycles. The number of ether oxygens (including phenoxy) is 1. The van der Waals surface area contributed by atoms with Gasteiger partial charge in [0.15, 0.2) is 11.4 Å². The second-order valence-corrected chi connectivity index (χ2v) is 12.0. The Balaban J connectivity index is 0.00000148. The summed E-state index contributed by atoms with van der Waals surface area (Å²) in [7, 11) is 0. The van der Waals surface area contributed by atoms with Gasteiger partial charge in [-0.15, -0.1) is 0 Å². The van der Waals surface area contributed by atoms with Crippen LogP contribution in [0.1, 0.15) is 69.2 Å². The molecule has 45 heavy (non-hydrogen) atoms. The minimum absolute atomic E-state index is 0.0595. The fraction of sp³-hybridized carbons (Fsp3) is 0.485. The highest BCUT2D eigenvalue weighted by Crippen LogP contribution is 2.38. The van der Waals surface area contributed by atoms with E-state index in [2.05, 4.69) is 30.3 Å². The Morgan fingerprint density at radius 2 is 2.02 bits per heavy atom. The number of hydrogen-bond donors (Lipinski definition) is 2. The molecule has 3 aromatic rings. The molecule has 2 aliphatic rings. The number of nitrogens with zero attached hydrogens (tertiary/aromatic N) is 4. The highest BCUT2D eigenvalue weighted by molar-refractivity contribution is 6.30. The number of furan rings is 1. The van der Waals surface area contributed by atoms with Gasteiger partial charge in [0.2, 0.25) is 5.91 Å². The predicted octanol–water partition coefficient (Wildman–Crippen LogP) is 5.32. The molecule has 2 N–H and O–H groups in total. The number of pyridine rings is 1. The number of allylic oxidation sites excluding steroid dienone is 1. The van der Waals surface area contributed by atoms with Crippen LogP contribution in [0.15, 0.2) is 34.1 Å². The summed E-state index contributed by atoms with van der Waals surface area (Å²) in [5.41, 5.74) is 2.60. The fourth-order valence-corrected chi connectivity index (χ4v) is 6.27. The quantitative estimate of drug-likeness (QED) is 0.223. The summed E-state index contributed by atoms with van der Waals surface area (Å²) in [6.07, 6.45) is 11.0. The number of carbonyl (C=O) groups is 2. The summed E-state index contributed by atoms with van der Waals surface area (Å²) < 4.78 is 12.0. The zero-order valence-corrected chi connectivity index (χ0v) is 26.9. The number of carbonyl (C=O) groups excluding carboxylic acids is 1. The highest BCUT2D eigenvalue weighted by Gasteiger charge is 2.41. The van der Waals surface area contributed by atoms with Gasteiger partial charge in [0.25, 0.3) is 12.0 Å². The van der Waals surface area contributed by atoms with E-state index in [1.54, 1.807) is 12.1 Å².